The van der Waals surface area contributed by atoms with Gasteiger partial charge in [-0.2, -0.15) is 0 Å². The lowest BCUT2D eigenvalue weighted by atomic mass is 9.93. The third-order valence-electron chi connectivity index (χ3n) is 4.34. The highest BCUT2D eigenvalue weighted by Crippen LogP contribution is 2.27. The highest BCUT2D eigenvalue weighted by Gasteiger charge is 2.28. The van der Waals surface area contributed by atoms with E-state index in [1.807, 2.05) is 19.6 Å². The first kappa shape index (κ1) is 15.9. The molecule has 1 saturated heterocycles. The Labute approximate surface area is 128 Å². The molecule has 2 heterocycles. The molecule has 2 atom stereocenters. The molecule has 0 amide bonds. The van der Waals surface area contributed by atoms with Crippen LogP contribution in [0, 0.1) is 11.8 Å². The van der Waals surface area contributed by atoms with Gasteiger partial charge in [-0.25, -0.2) is 4.98 Å². The molecule has 0 aromatic carbocycles. The summed E-state index contributed by atoms with van der Waals surface area (Å²) >= 11 is 0. The van der Waals surface area contributed by atoms with Gasteiger partial charge < -0.3 is 14.8 Å². The summed E-state index contributed by atoms with van der Waals surface area (Å²) in [6, 6.07) is 0.477. The first-order valence-corrected chi connectivity index (χ1v) is 8.04. The summed E-state index contributed by atoms with van der Waals surface area (Å²) in [5, 5.41) is 3.50. The van der Waals surface area contributed by atoms with Gasteiger partial charge in [0, 0.05) is 39.1 Å². The molecule has 5 heteroatoms. The predicted molar refractivity (Wildman–Crippen MR) is 87.4 cm³/mol. The van der Waals surface area contributed by atoms with Gasteiger partial charge in [-0.05, 0) is 24.7 Å². The highest BCUT2D eigenvalue weighted by molar-refractivity contribution is 5.80. The van der Waals surface area contributed by atoms with E-state index < -0.39 is 0 Å². The zero-order valence-electron chi connectivity index (χ0n) is 13.8. The van der Waals surface area contributed by atoms with E-state index >= 15 is 0 Å². The normalized spacial score (nSPS) is 23.7. The van der Waals surface area contributed by atoms with Crippen molar-refractivity contribution in [2.75, 3.05) is 26.7 Å². The van der Waals surface area contributed by atoms with E-state index in [0.717, 1.165) is 31.5 Å². The molecule has 2 unspecified atom stereocenters. The number of aromatic nitrogens is 2. The number of piperidine rings is 1. The van der Waals surface area contributed by atoms with E-state index in [1.165, 1.54) is 12.8 Å². The molecule has 118 valence electrons. The third-order valence-corrected chi connectivity index (χ3v) is 4.34. The fourth-order valence-electron chi connectivity index (χ4n) is 2.90. The van der Waals surface area contributed by atoms with Crippen molar-refractivity contribution in [3.63, 3.8) is 0 Å². The fourth-order valence-corrected chi connectivity index (χ4v) is 2.90. The van der Waals surface area contributed by atoms with Gasteiger partial charge in [0.2, 0.25) is 0 Å². The number of hydrogen-bond donors (Lipinski definition) is 1. The van der Waals surface area contributed by atoms with Crippen LogP contribution >= 0.6 is 0 Å². The average Bonchev–Trinajstić information content (AvgIpc) is 2.98. The van der Waals surface area contributed by atoms with Crippen molar-refractivity contribution in [2.24, 2.45) is 16.8 Å². The Morgan fingerprint density at radius 1 is 1.48 bits per heavy atom. The molecule has 1 aliphatic heterocycles. The third kappa shape index (κ3) is 4.22. The summed E-state index contributed by atoms with van der Waals surface area (Å²) in [5.41, 5.74) is 0. The van der Waals surface area contributed by atoms with Crippen LogP contribution in [-0.4, -0.2) is 47.1 Å². The van der Waals surface area contributed by atoms with Gasteiger partial charge in [-0.1, -0.05) is 20.8 Å². The van der Waals surface area contributed by atoms with Crippen LogP contribution < -0.4 is 5.32 Å². The van der Waals surface area contributed by atoms with Gasteiger partial charge in [-0.3, -0.25) is 4.99 Å². The summed E-state index contributed by atoms with van der Waals surface area (Å²) in [7, 11) is 1.88. The number of guanidine groups is 1. The van der Waals surface area contributed by atoms with Crippen molar-refractivity contribution in [2.45, 2.75) is 39.7 Å². The minimum Gasteiger partial charge on any atom is -0.356 e. The first-order valence-electron chi connectivity index (χ1n) is 8.04. The number of nitrogens with zero attached hydrogens (tertiary/aromatic N) is 4. The van der Waals surface area contributed by atoms with Crippen LogP contribution in [0.4, 0.5) is 0 Å². The van der Waals surface area contributed by atoms with E-state index in [-0.39, 0.29) is 0 Å². The second-order valence-corrected chi connectivity index (χ2v) is 6.45. The Morgan fingerprint density at radius 3 is 2.90 bits per heavy atom. The quantitative estimate of drug-likeness (QED) is 0.684. The van der Waals surface area contributed by atoms with Gasteiger partial charge in [0.15, 0.2) is 5.96 Å². The average molecular weight is 291 g/mol. The van der Waals surface area contributed by atoms with Crippen molar-refractivity contribution in [3.8, 4) is 0 Å². The summed E-state index contributed by atoms with van der Waals surface area (Å²) in [6.45, 7) is 9.90. The molecule has 1 aromatic rings. The maximum absolute atomic E-state index is 4.46. The summed E-state index contributed by atoms with van der Waals surface area (Å²) in [6.07, 6.45) is 8.22. The molecule has 1 fully saturated rings. The summed E-state index contributed by atoms with van der Waals surface area (Å²) < 4.78 is 2.23. The lowest BCUT2D eigenvalue weighted by molar-refractivity contribution is 0.189. The molecular formula is C16H29N5. The summed E-state index contributed by atoms with van der Waals surface area (Å²) in [4.78, 5) is 11.0. The SMILES string of the molecule is CN=C(NCCC(C)C)N1CCC(C)C(n2ccnc2)C1. The monoisotopic (exact) mass is 291 g/mol. The molecule has 5 nitrogen and oxygen atoms in total. The van der Waals surface area contributed by atoms with Crippen molar-refractivity contribution in [1.82, 2.24) is 19.8 Å². The Hall–Kier alpha value is -1.52. The maximum Gasteiger partial charge on any atom is 0.193 e. The fraction of sp³-hybridized carbons (Fsp3) is 0.750. The molecule has 21 heavy (non-hydrogen) atoms. The van der Waals surface area contributed by atoms with Crippen LogP contribution in [0.25, 0.3) is 0 Å². The molecule has 0 bridgehead atoms. The number of rotatable bonds is 4. The predicted octanol–water partition coefficient (Wildman–Crippen LogP) is 2.39. The Balaban J connectivity index is 1.96. The topological polar surface area (TPSA) is 45.5 Å². The zero-order valence-corrected chi connectivity index (χ0v) is 13.8. The smallest absolute Gasteiger partial charge is 0.193 e. The Bertz CT molecular complexity index is 438. The molecule has 0 saturated carbocycles. The van der Waals surface area contributed by atoms with Crippen LogP contribution in [-0.2, 0) is 0 Å². The maximum atomic E-state index is 4.46. The van der Waals surface area contributed by atoms with Crippen LogP contribution in [0.2, 0.25) is 0 Å². The van der Waals surface area contributed by atoms with Crippen LogP contribution in [0.5, 0.6) is 0 Å². The largest absolute Gasteiger partial charge is 0.356 e. The second kappa shape index (κ2) is 7.48. The number of nitrogens with one attached hydrogen (secondary N) is 1. The van der Waals surface area contributed by atoms with E-state index in [9.17, 15) is 0 Å². The number of hydrogen-bond acceptors (Lipinski definition) is 2. The molecule has 0 spiro atoms. The number of likely N-dealkylation sites (tertiary alicyclic amines) is 1. The Kier molecular flexibility index (Phi) is 5.65. The van der Waals surface area contributed by atoms with Crippen LogP contribution in [0.3, 0.4) is 0 Å². The highest BCUT2D eigenvalue weighted by atomic mass is 15.3. The standard InChI is InChI=1S/C16H29N5/c1-13(2)5-7-19-16(17-4)20-9-6-14(3)15(11-20)21-10-8-18-12-21/h8,10,12-15H,5-7,9,11H2,1-4H3,(H,17,19). The molecule has 0 aliphatic carbocycles. The molecule has 1 aromatic heterocycles. The molecule has 0 radical (unpaired) electrons. The molecule has 2 rings (SSSR count). The van der Waals surface area contributed by atoms with Crippen molar-refractivity contribution < 1.29 is 0 Å². The van der Waals surface area contributed by atoms with E-state index in [0.29, 0.717) is 12.0 Å². The molecule has 1 N–H and O–H groups in total. The number of aliphatic imine (C=N–C) groups is 1. The number of imidazole rings is 1. The van der Waals surface area contributed by atoms with Crippen molar-refractivity contribution in [3.05, 3.63) is 18.7 Å². The molecule has 1 aliphatic rings. The minimum absolute atomic E-state index is 0.477. The van der Waals surface area contributed by atoms with E-state index in [1.54, 1.807) is 0 Å². The van der Waals surface area contributed by atoms with Crippen LogP contribution in [0.15, 0.2) is 23.7 Å². The van der Waals surface area contributed by atoms with Crippen molar-refractivity contribution >= 4 is 5.96 Å². The summed E-state index contributed by atoms with van der Waals surface area (Å²) in [5.74, 6) is 2.42. The van der Waals surface area contributed by atoms with Crippen LogP contribution in [0.1, 0.15) is 39.7 Å². The van der Waals surface area contributed by atoms with Gasteiger partial charge in [-0.15, -0.1) is 0 Å². The van der Waals surface area contributed by atoms with Gasteiger partial charge in [0.05, 0.1) is 12.4 Å². The van der Waals surface area contributed by atoms with Gasteiger partial charge >= 0.3 is 0 Å². The second-order valence-electron chi connectivity index (χ2n) is 6.45. The van der Waals surface area contributed by atoms with Gasteiger partial charge in [0.25, 0.3) is 0 Å². The van der Waals surface area contributed by atoms with E-state index in [4.69, 9.17) is 0 Å². The zero-order chi connectivity index (χ0) is 15.2. The van der Waals surface area contributed by atoms with Gasteiger partial charge in [0.1, 0.15) is 0 Å². The lowest BCUT2D eigenvalue weighted by Crippen LogP contribution is -2.49. The van der Waals surface area contributed by atoms with Crippen molar-refractivity contribution in [1.29, 1.82) is 0 Å². The Morgan fingerprint density at radius 2 is 2.29 bits per heavy atom. The first-order chi connectivity index (χ1) is 10.1. The lowest BCUT2D eigenvalue weighted by Gasteiger charge is -2.39. The minimum atomic E-state index is 0.477. The van der Waals surface area contributed by atoms with E-state index in [2.05, 4.69) is 51.7 Å². The molecular weight excluding hydrogens is 262 g/mol.